The van der Waals surface area contributed by atoms with Crippen molar-refractivity contribution in [3.8, 4) is 0 Å². The molecule has 1 aromatic carbocycles. The van der Waals surface area contributed by atoms with Crippen molar-refractivity contribution in [2.24, 2.45) is 5.92 Å². The van der Waals surface area contributed by atoms with E-state index in [1.807, 2.05) is 12.1 Å². The summed E-state index contributed by atoms with van der Waals surface area (Å²) in [5.74, 6) is 0.506. The van der Waals surface area contributed by atoms with Crippen molar-refractivity contribution in [2.75, 3.05) is 11.9 Å². The van der Waals surface area contributed by atoms with Gasteiger partial charge < -0.3 is 15.2 Å². The Kier molecular flexibility index (Phi) is 5.76. The number of ether oxygens (including phenoxy) is 1. The average Bonchev–Trinajstić information content (AvgIpc) is 2.78. The molecule has 21 heavy (non-hydrogen) atoms. The number of aliphatic hydroxyl groups excluding tert-OH is 1. The van der Waals surface area contributed by atoms with E-state index >= 15 is 0 Å². The van der Waals surface area contributed by atoms with Crippen molar-refractivity contribution in [3.05, 3.63) is 29.8 Å². The lowest BCUT2D eigenvalue weighted by atomic mass is 9.96. The number of hydrogen-bond acceptors (Lipinski definition) is 3. The van der Waals surface area contributed by atoms with Crippen LogP contribution < -0.4 is 5.32 Å². The Morgan fingerprint density at radius 3 is 2.67 bits per heavy atom. The summed E-state index contributed by atoms with van der Waals surface area (Å²) < 4.78 is 6.00. The lowest BCUT2D eigenvalue weighted by Crippen LogP contribution is -2.15. The van der Waals surface area contributed by atoms with Crippen LogP contribution in [0.1, 0.15) is 38.7 Å². The Hall–Kier alpha value is -1.39. The molecule has 1 saturated heterocycles. The van der Waals surface area contributed by atoms with Crippen molar-refractivity contribution in [2.45, 2.75) is 51.7 Å². The highest BCUT2D eigenvalue weighted by Crippen LogP contribution is 2.30. The molecule has 2 N–H and O–H groups in total. The van der Waals surface area contributed by atoms with E-state index in [4.69, 9.17) is 9.84 Å². The van der Waals surface area contributed by atoms with Gasteiger partial charge in [-0.25, -0.2) is 0 Å². The molecule has 0 bridgehead atoms. The van der Waals surface area contributed by atoms with E-state index in [9.17, 15) is 4.79 Å². The molecule has 0 aliphatic carbocycles. The number of aliphatic hydroxyl groups is 1. The first-order valence-corrected chi connectivity index (χ1v) is 7.71. The van der Waals surface area contributed by atoms with Crippen LogP contribution in [0.4, 0.5) is 5.69 Å². The van der Waals surface area contributed by atoms with Crippen molar-refractivity contribution in [3.63, 3.8) is 0 Å². The summed E-state index contributed by atoms with van der Waals surface area (Å²) in [7, 11) is 0. The van der Waals surface area contributed by atoms with Crippen molar-refractivity contribution >= 4 is 11.6 Å². The van der Waals surface area contributed by atoms with E-state index in [2.05, 4.69) is 24.4 Å². The number of carbonyl (C=O) groups excluding carboxylic acids is 1. The third-order valence-corrected chi connectivity index (χ3v) is 4.08. The first-order chi connectivity index (χ1) is 10.1. The maximum atomic E-state index is 11.0. The van der Waals surface area contributed by atoms with E-state index in [-0.39, 0.29) is 24.7 Å². The zero-order valence-electron chi connectivity index (χ0n) is 12.8. The van der Waals surface area contributed by atoms with Gasteiger partial charge in [0.15, 0.2) is 0 Å². The normalized spacial score (nSPS) is 25.0. The van der Waals surface area contributed by atoms with Crippen LogP contribution in [0.2, 0.25) is 0 Å². The van der Waals surface area contributed by atoms with Crippen LogP contribution in [-0.2, 0) is 16.0 Å². The third-order valence-electron chi connectivity index (χ3n) is 4.08. The number of nitrogens with one attached hydrogen (secondary N) is 1. The van der Waals surface area contributed by atoms with Gasteiger partial charge in [0.05, 0.1) is 12.2 Å². The van der Waals surface area contributed by atoms with Gasteiger partial charge in [-0.2, -0.15) is 0 Å². The molecule has 3 atom stereocenters. The topological polar surface area (TPSA) is 58.6 Å². The molecule has 116 valence electrons. The molecule has 0 radical (unpaired) electrons. The lowest BCUT2D eigenvalue weighted by molar-refractivity contribution is -0.114. The number of carbonyl (C=O) groups is 1. The zero-order valence-corrected chi connectivity index (χ0v) is 12.8. The number of aryl methyl sites for hydroxylation is 1. The Morgan fingerprint density at radius 1 is 1.33 bits per heavy atom. The van der Waals surface area contributed by atoms with Gasteiger partial charge >= 0.3 is 0 Å². The Bertz CT molecular complexity index is 458. The highest BCUT2D eigenvalue weighted by molar-refractivity contribution is 5.88. The summed E-state index contributed by atoms with van der Waals surface area (Å²) in [6.45, 7) is 3.94. The van der Waals surface area contributed by atoms with Gasteiger partial charge in [-0.3, -0.25) is 4.79 Å². The monoisotopic (exact) mass is 291 g/mol. The number of hydrogen-bond donors (Lipinski definition) is 2. The van der Waals surface area contributed by atoms with Crippen molar-refractivity contribution in [1.82, 2.24) is 0 Å². The number of rotatable bonds is 6. The molecule has 1 aromatic rings. The summed E-state index contributed by atoms with van der Waals surface area (Å²) >= 11 is 0. The zero-order chi connectivity index (χ0) is 15.2. The van der Waals surface area contributed by atoms with Crippen LogP contribution in [0.5, 0.6) is 0 Å². The first kappa shape index (κ1) is 16.0. The minimum absolute atomic E-state index is 0.0501. The molecule has 0 spiro atoms. The molecular formula is C17H25NO3. The van der Waals surface area contributed by atoms with E-state index in [0.717, 1.165) is 31.4 Å². The van der Waals surface area contributed by atoms with E-state index < -0.39 is 0 Å². The van der Waals surface area contributed by atoms with Crippen LogP contribution in [0.25, 0.3) is 0 Å². The summed E-state index contributed by atoms with van der Waals surface area (Å²) in [5.41, 5.74) is 2.09. The lowest BCUT2D eigenvalue weighted by Gasteiger charge is -2.15. The molecular weight excluding hydrogens is 266 g/mol. The quantitative estimate of drug-likeness (QED) is 0.847. The molecule has 4 nitrogen and oxygen atoms in total. The predicted octanol–water partition coefficient (Wildman–Crippen LogP) is 2.75. The van der Waals surface area contributed by atoms with E-state index in [0.29, 0.717) is 5.92 Å². The van der Waals surface area contributed by atoms with Crippen molar-refractivity contribution < 1.29 is 14.6 Å². The molecule has 0 saturated carbocycles. The fourth-order valence-electron chi connectivity index (χ4n) is 2.95. The molecule has 1 fully saturated rings. The molecule has 0 unspecified atom stereocenters. The van der Waals surface area contributed by atoms with Crippen LogP contribution >= 0.6 is 0 Å². The second-order valence-electron chi connectivity index (χ2n) is 5.94. The molecule has 1 aliphatic rings. The molecule has 4 heteroatoms. The summed E-state index contributed by atoms with van der Waals surface area (Å²) in [6, 6.07) is 7.97. The minimum Gasteiger partial charge on any atom is -0.396 e. The second-order valence-corrected chi connectivity index (χ2v) is 5.94. The van der Waals surface area contributed by atoms with Gasteiger partial charge in [-0.05, 0) is 49.3 Å². The summed E-state index contributed by atoms with van der Waals surface area (Å²) in [4.78, 5) is 11.0. The summed E-state index contributed by atoms with van der Waals surface area (Å²) in [6.07, 6.45) is 4.27. The van der Waals surface area contributed by atoms with E-state index in [1.165, 1.54) is 12.5 Å². The number of benzene rings is 1. The third kappa shape index (κ3) is 4.83. The SMILES string of the molecule is CC(=O)Nc1ccc(CC[C@@H]2O[C@H](CCO)C[C@@H]2C)cc1. The number of anilines is 1. The second kappa shape index (κ2) is 7.57. The molecule has 1 aliphatic heterocycles. The maximum absolute atomic E-state index is 11.0. The van der Waals surface area contributed by atoms with Gasteiger partial charge in [0, 0.05) is 19.2 Å². The van der Waals surface area contributed by atoms with Gasteiger partial charge in [0.25, 0.3) is 0 Å². The van der Waals surface area contributed by atoms with E-state index in [1.54, 1.807) is 0 Å². The fraction of sp³-hybridized carbons (Fsp3) is 0.588. The standard InChI is InChI=1S/C17H25NO3/c1-12-11-16(9-10-19)21-17(12)8-5-14-3-6-15(7-4-14)18-13(2)20/h3-4,6-7,12,16-17,19H,5,8-11H2,1-2H3,(H,18,20)/t12-,16+,17-/m0/s1. The Balaban J connectivity index is 1.81. The Morgan fingerprint density at radius 2 is 2.05 bits per heavy atom. The van der Waals surface area contributed by atoms with Gasteiger partial charge in [0.2, 0.25) is 5.91 Å². The fourth-order valence-corrected chi connectivity index (χ4v) is 2.95. The highest BCUT2D eigenvalue weighted by Gasteiger charge is 2.31. The summed E-state index contributed by atoms with van der Waals surface area (Å²) in [5, 5.41) is 11.8. The van der Waals surface area contributed by atoms with Crippen LogP contribution in [0.15, 0.2) is 24.3 Å². The maximum Gasteiger partial charge on any atom is 0.221 e. The highest BCUT2D eigenvalue weighted by atomic mass is 16.5. The number of amides is 1. The largest absolute Gasteiger partial charge is 0.396 e. The molecule has 1 amide bonds. The predicted molar refractivity (Wildman–Crippen MR) is 83.2 cm³/mol. The van der Waals surface area contributed by atoms with Gasteiger partial charge in [-0.1, -0.05) is 19.1 Å². The van der Waals surface area contributed by atoms with Crippen LogP contribution in [-0.4, -0.2) is 29.8 Å². The molecule has 1 heterocycles. The smallest absolute Gasteiger partial charge is 0.221 e. The average molecular weight is 291 g/mol. The van der Waals surface area contributed by atoms with Crippen LogP contribution in [0.3, 0.4) is 0 Å². The van der Waals surface area contributed by atoms with Crippen molar-refractivity contribution in [1.29, 1.82) is 0 Å². The minimum atomic E-state index is -0.0501. The van der Waals surface area contributed by atoms with Gasteiger partial charge in [0.1, 0.15) is 0 Å². The van der Waals surface area contributed by atoms with Gasteiger partial charge in [-0.15, -0.1) is 0 Å². The first-order valence-electron chi connectivity index (χ1n) is 7.71. The van der Waals surface area contributed by atoms with Crippen LogP contribution in [0, 0.1) is 5.92 Å². The molecule has 0 aromatic heterocycles. The Labute approximate surface area is 126 Å². The molecule has 2 rings (SSSR count).